The molecule has 1 N–H and O–H groups in total. The lowest BCUT2D eigenvalue weighted by molar-refractivity contribution is -0.384. The quantitative estimate of drug-likeness (QED) is 0.662. The molecule has 7 nitrogen and oxygen atoms in total. The molecule has 2 heterocycles. The first kappa shape index (κ1) is 11.5. The van der Waals surface area contributed by atoms with E-state index in [1.54, 1.807) is 24.6 Å². The molecule has 0 aromatic carbocycles. The predicted octanol–water partition coefficient (Wildman–Crippen LogP) is 1.71. The first-order chi connectivity index (χ1) is 8.06. The van der Waals surface area contributed by atoms with Crippen molar-refractivity contribution in [2.75, 3.05) is 5.32 Å². The van der Waals surface area contributed by atoms with Gasteiger partial charge in [-0.2, -0.15) is 0 Å². The van der Waals surface area contributed by atoms with Crippen molar-refractivity contribution < 1.29 is 4.92 Å². The molecule has 0 atom stereocenters. The van der Waals surface area contributed by atoms with E-state index >= 15 is 0 Å². The summed E-state index contributed by atoms with van der Waals surface area (Å²) in [6, 6.07) is 0. The highest BCUT2D eigenvalue weighted by Crippen LogP contribution is 2.22. The molecule has 0 aliphatic carbocycles. The van der Waals surface area contributed by atoms with E-state index in [4.69, 9.17) is 0 Å². The van der Waals surface area contributed by atoms with E-state index in [0.29, 0.717) is 6.54 Å². The Kier molecular flexibility index (Phi) is 3.05. The Labute approximate surface area is 101 Å². The lowest BCUT2D eigenvalue weighted by atomic mass is 10.5. The van der Waals surface area contributed by atoms with Crippen LogP contribution >= 0.6 is 11.3 Å². The average Bonchev–Trinajstić information content (AvgIpc) is 2.82. The van der Waals surface area contributed by atoms with E-state index in [1.165, 1.54) is 10.9 Å². The summed E-state index contributed by atoms with van der Waals surface area (Å²) in [6.45, 7) is 2.40. The van der Waals surface area contributed by atoms with Crippen molar-refractivity contribution in [2.45, 2.75) is 13.5 Å². The highest BCUT2D eigenvalue weighted by atomic mass is 32.1. The molecular formula is C9H11N5O2S. The van der Waals surface area contributed by atoms with Gasteiger partial charge >= 0.3 is 5.69 Å². The Morgan fingerprint density at radius 3 is 3.00 bits per heavy atom. The number of anilines is 1. The summed E-state index contributed by atoms with van der Waals surface area (Å²) in [5.41, 5.74) is -0.0271. The summed E-state index contributed by atoms with van der Waals surface area (Å²) >= 11 is 1.55. The summed E-state index contributed by atoms with van der Waals surface area (Å²) in [4.78, 5) is 15.6. The summed E-state index contributed by atoms with van der Waals surface area (Å²) in [6.07, 6.45) is 3.14. The Morgan fingerprint density at radius 2 is 2.41 bits per heavy atom. The number of aromatic nitrogens is 3. The van der Waals surface area contributed by atoms with Crippen LogP contribution in [0.25, 0.3) is 0 Å². The summed E-state index contributed by atoms with van der Waals surface area (Å²) < 4.78 is 1.41. The van der Waals surface area contributed by atoms with E-state index < -0.39 is 4.92 Å². The molecule has 90 valence electrons. The van der Waals surface area contributed by atoms with Gasteiger partial charge in [-0.15, -0.1) is 16.4 Å². The number of nitrogens with one attached hydrogen (secondary N) is 1. The molecule has 17 heavy (non-hydrogen) atoms. The third-order valence-corrected chi connectivity index (χ3v) is 3.00. The lowest BCUT2D eigenvalue weighted by Crippen LogP contribution is -2.02. The Bertz CT molecular complexity index is 547. The summed E-state index contributed by atoms with van der Waals surface area (Å²) in [5.74, 6) is 0.269. The maximum absolute atomic E-state index is 10.7. The summed E-state index contributed by atoms with van der Waals surface area (Å²) in [5, 5.41) is 18.5. The minimum atomic E-state index is -0.456. The van der Waals surface area contributed by atoms with Gasteiger partial charge in [0.2, 0.25) is 5.82 Å². The predicted molar refractivity (Wildman–Crippen MR) is 64.0 cm³/mol. The van der Waals surface area contributed by atoms with Gasteiger partial charge < -0.3 is 5.32 Å². The molecule has 0 bridgehead atoms. The van der Waals surface area contributed by atoms with Gasteiger partial charge in [-0.3, -0.25) is 14.8 Å². The number of nitro groups is 1. The highest BCUT2D eigenvalue weighted by Gasteiger charge is 2.18. The van der Waals surface area contributed by atoms with E-state index in [0.717, 1.165) is 9.88 Å². The number of aryl methyl sites for hydroxylation is 2. The number of hydrogen-bond acceptors (Lipinski definition) is 6. The van der Waals surface area contributed by atoms with Crippen molar-refractivity contribution in [3.8, 4) is 0 Å². The second kappa shape index (κ2) is 4.50. The Hall–Kier alpha value is -1.96. The minimum absolute atomic E-state index is 0.0271. The maximum atomic E-state index is 10.7. The monoisotopic (exact) mass is 253 g/mol. The average molecular weight is 253 g/mol. The molecule has 0 amide bonds. The largest absolute Gasteiger partial charge is 0.356 e. The standard InChI is InChI=1S/C9H11N5O2S/c1-6-3-10-8(17-6)4-11-9-7(14(15)16)5-13(2)12-9/h3,5H,4H2,1-2H3,(H,11,12). The normalized spacial score (nSPS) is 10.5. The van der Waals surface area contributed by atoms with E-state index in [9.17, 15) is 10.1 Å². The highest BCUT2D eigenvalue weighted by molar-refractivity contribution is 7.11. The Balaban J connectivity index is 2.11. The smallest absolute Gasteiger partial charge is 0.330 e. The van der Waals surface area contributed by atoms with Gasteiger partial charge in [0.1, 0.15) is 11.2 Å². The van der Waals surface area contributed by atoms with Gasteiger partial charge in [-0.25, -0.2) is 4.98 Å². The molecule has 0 saturated carbocycles. The molecule has 0 aliphatic heterocycles. The van der Waals surface area contributed by atoms with Crippen molar-refractivity contribution in [2.24, 2.45) is 7.05 Å². The first-order valence-corrected chi connectivity index (χ1v) is 5.71. The van der Waals surface area contributed by atoms with Crippen LogP contribution in [0.15, 0.2) is 12.4 Å². The zero-order valence-corrected chi connectivity index (χ0v) is 10.2. The van der Waals surface area contributed by atoms with Crippen molar-refractivity contribution in [1.82, 2.24) is 14.8 Å². The zero-order chi connectivity index (χ0) is 12.4. The second-order valence-electron chi connectivity index (χ2n) is 3.51. The molecule has 0 fully saturated rings. The van der Waals surface area contributed by atoms with E-state index in [-0.39, 0.29) is 11.5 Å². The molecule has 0 radical (unpaired) electrons. The molecule has 0 unspecified atom stereocenters. The number of rotatable bonds is 4. The first-order valence-electron chi connectivity index (χ1n) is 4.89. The van der Waals surface area contributed by atoms with Crippen LogP contribution in [0, 0.1) is 17.0 Å². The van der Waals surface area contributed by atoms with E-state index in [1.807, 2.05) is 6.92 Å². The molecule has 2 aromatic rings. The topological polar surface area (TPSA) is 85.9 Å². The molecule has 0 spiro atoms. The van der Waals surface area contributed by atoms with Crippen LogP contribution < -0.4 is 5.32 Å². The molecule has 2 rings (SSSR count). The number of thiazole rings is 1. The van der Waals surface area contributed by atoms with Crippen LogP contribution in [0.3, 0.4) is 0 Å². The zero-order valence-electron chi connectivity index (χ0n) is 9.38. The molecular weight excluding hydrogens is 242 g/mol. The SMILES string of the molecule is Cc1cnc(CNc2nn(C)cc2[N+](=O)[O-])s1. The van der Waals surface area contributed by atoms with Crippen LogP contribution in [0.1, 0.15) is 9.88 Å². The second-order valence-corrected chi connectivity index (χ2v) is 4.83. The van der Waals surface area contributed by atoms with Crippen LogP contribution in [0.5, 0.6) is 0 Å². The van der Waals surface area contributed by atoms with Crippen molar-refractivity contribution >= 4 is 22.8 Å². The molecule has 0 saturated heterocycles. The maximum Gasteiger partial charge on any atom is 0.330 e. The third kappa shape index (κ3) is 2.59. The Morgan fingerprint density at radius 1 is 1.65 bits per heavy atom. The fourth-order valence-electron chi connectivity index (χ4n) is 1.38. The summed E-state index contributed by atoms with van der Waals surface area (Å²) in [7, 11) is 1.64. The molecule has 2 aromatic heterocycles. The van der Waals surface area contributed by atoms with Gasteiger partial charge in [0.05, 0.1) is 11.5 Å². The van der Waals surface area contributed by atoms with Gasteiger partial charge in [0.15, 0.2) is 0 Å². The molecule has 8 heteroatoms. The van der Waals surface area contributed by atoms with Crippen LogP contribution in [0.4, 0.5) is 11.5 Å². The fourth-order valence-corrected chi connectivity index (χ4v) is 2.10. The van der Waals surface area contributed by atoms with Crippen molar-refractivity contribution in [3.63, 3.8) is 0 Å². The number of hydrogen-bond donors (Lipinski definition) is 1. The minimum Gasteiger partial charge on any atom is -0.356 e. The van der Waals surface area contributed by atoms with Gasteiger partial charge in [0.25, 0.3) is 0 Å². The van der Waals surface area contributed by atoms with Gasteiger partial charge in [-0.05, 0) is 6.92 Å². The fraction of sp³-hybridized carbons (Fsp3) is 0.333. The molecule has 0 aliphatic rings. The van der Waals surface area contributed by atoms with E-state index in [2.05, 4.69) is 15.4 Å². The van der Waals surface area contributed by atoms with Gasteiger partial charge in [0, 0.05) is 18.1 Å². The van der Waals surface area contributed by atoms with Crippen LogP contribution in [-0.4, -0.2) is 19.7 Å². The van der Waals surface area contributed by atoms with Crippen LogP contribution in [-0.2, 0) is 13.6 Å². The van der Waals surface area contributed by atoms with Crippen molar-refractivity contribution in [1.29, 1.82) is 0 Å². The lowest BCUT2D eigenvalue weighted by Gasteiger charge is -1.98. The third-order valence-electron chi connectivity index (χ3n) is 2.08. The van der Waals surface area contributed by atoms with Gasteiger partial charge in [-0.1, -0.05) is 0 Å². The van der Waals surface area contributed by atoms with Crippen LogP contribution in [0.2, 0.25) is 0 Å². The van der Waals surface area contributed by atoms with Crippen molar-refractivity contribution in [3.05, 3.63) is 32.4 Å². The number of nitrogens with zero attached hydrogens (tertiary/aromatic N) is 4.